The van der Waals surface area contributed by atoms with Crippen LogP contribution in [0, 0.1) is 11.8 Å². The van der Waals surface area contributed by atoms with Crippen LogP contribution in [0.2, 0.25) is 0 Å². The minimum Gasteiger partial charge on any atom is -0.256 e. The van der Waals surface area contributed by atoms with E-state index < -0.39 is 0 Å². The summed E-state index contributed by atoms with van der Waals surface area (Å²) in [5, 5.41) is 0. The molecule has 0 amide bonds. The molecule has 1 nitrogen and oxygen atoms in total. The fraction of sp³-hybridized carbons (Fsp3) is 0.0455. The van der Waals surface area contributed by atoms with Crippen LogP contribution in [0.1, 0.15) is 16.7 Å². The molecule has 2 heteroatoms. The molecule has 0 aliphatic rings. The number of halogens is 1. The molecule has 0 aliphatic carbocycles. The van der Waals surface area contributed by atoms with Gasteiger partial charge >= 0.3 is 0 Å². The second kappa shape index (κ2) is 8.29. The van der Waals surface area contributed by atoms with E-state index in [-0.39, 0.29) is 0 Å². The van der Waals surface area contributed by atoms with E-state index >= 15 is 0 Å². The van der Waals surface area contributed by atoms with Gasteiger partial charge in [0.25, 0.3) is 0 Å². The van der Waals surface area contributed by atoms with Gasteiger partial charge in [-0.2, -0.15) is 0 Å². The molecule has 3 aromatic carbocycles. The van der Waals surface area contributed by atoms with Gasteiger partial charge in [0.15, 0.2) is 0 Å². The molecule has 3 rings (SSSR count). The first kappa shape index (κ1) is 16.2. The van der Waals surface area contributed by atoms with Gasteiger partial charge in [0.2, 0.25) is 0 Å². The molecular formula is C22H16BrN. The largest absolute Gasteiger partial charge is 0.256 e. The van der Waals surface area contributed by atoms with Crippen LogP contribution < -0.4 is 0 Å². The van der Waals surface area contributed by atoms with Gasteiger partial charge in [-0.1, -0.05) is 76.3 Å². The van der Waals surface area contributed by atoms with Crippen molar-refractivity contribution in [2.24, 2.45) is 4.99 Å². The van der Waals surface area contributed by atoms with Gasteiger partial charge in [-0.25, -0.2) is 0 Å². The minimum absolute atomic E-state index is 0.683. The normalized spacial score (nSPS) is 10.4. The molecule has 0 fully saturated rings. The van der Waals surface area contributed by atoms with Crippen LogP contribution in [0.4, 0.5) is 5.69 Å². The van der Waals surface area contributed by atoms with Gasteiger partial charge < -0.3 is 0 Å². The van der Waals surface area contributed by atoms with Crippen LogP contribution in [0.3, 0.4) is 0 Å². The highest BCUT2D eigenvalue weighted by Gasteiger charge is 1.98. The zero-order valence-electron chi connectivity index (χ0n) is 13.1. The van der Waals surface area contributed by atoms with Crippen LogP contribution in [0.25, 0.3) is 0 Å². The van der Waals surface area contributed by atoms with Gasteiger partial charge in [-0.3, -0.25) is 4.99 Å². The summed E-state index contributed by atoms with van der Waals surface area (Å²) in [5.74, 6) is 6.43. The van der Waals surface area contributed by atoms with Crippen molar-refractivity contribution in [1.82, 2.24) is 0 Å². The molecule has 0 saturated heterocycles. The lowest BCUT2D eigenvalue weighted by molar-refractivity contribution is 1.29. The Kier molecular flexibility index (Phi) is 5.61. The Morgan fingerprint density at radius 2 is 1.54 bits per heavy atom. The average molecular weight is 374 g/mol. The monoisotopic (exact) mass is 373 g/mol. The second-order valence-electron chi connectivity index (χ2n) is 5.28. The number of hydrogen-bond donors (Lipinski definition) is 0. The van der Waals surface area contributed by atoms with E-state index in [1.54, 1.807) is 0 Å². The molecule has 3 aromatic rings. The maximum atomic E-state index is 4.62. The summed E-state index contributed by atoms with van der Waals surface area (Å²) in [6.45, 7) is 0. The predicted molar refractivity (Wildman–Crippen MR) is 105 cm³/mol. The Hall–Kier alpha value is -2.63. The van der Waals surface area contributed by atoms with Crippen molar-refractivity contribution in [3.8, 4) is 11.8 Å². The molecule has 0 aromatic heterocycles. The zero-order valence-corrected chi connectivity index (χ0v) is 14.7. The first-order valence-electron chi connectivity index (χ1n) is 7.73. The second-order valence-corrected chi connectivity index (χ2v) is 6.20. The number of hydrogen-bond acceptors (Lipinski definition) is 1. The van der Waals surface area contributed by atoms with Crippen LogP contribution >= 0.6 is 15.9 Å². The van der Waals surface area contributed by atoms with E-state index in [1.165, 1.54) is 0 Å². The predicted octanol–water partition coefficient (Wildman–Crippen LogP) is 5.79. The first-order valence-corrected chi connectivity index (χ1v) is 8.52. The molecular weight excluding hydrogens is 358 g/mol. The summed E-state index contributed by atoms with van der Waals surface area (Å²) in [6, 6.07) is 26.3. The maximum absolute atomic E-state index is 4.62. The lowest BCUT2D eigenvalue weighted by Gasteiger charge is -2.01. The van der Waals surface area contributed by atoms with Gasteiger partial charge in [0.05, 0.1) is 5.69 Å². The van der Waals surface area contributed by atoms with Crippen LogP contribution in [0.5, 0.6) is 0 Å². The minimum atomic E-state index is 0.683. The SMILES string of the molecule is Brc1ccc(C=Nc2ccccc2CC#Cc2ccccc2)cc1. The molecule has 0 spiro atoms. The average Bonchev–Trinajstić information content (AvgIpc) is 2.63. The summed E-state index contributed by atoms with van der Waals surface area (Å²) >= 11 is 3.44. The van der Waals surface area contributed by atoms with Crippen molar-refractivity contribution in [3.63, 3.8) is 0 Å². The van der Waals surface area contributed by atoms with Crippen LogP contribution in [-0.2, 0) is 6.42 Å². The number of benzene rings is 3. The molecule has 0 heterocycles. The molecule has 0 N–H and O–H groups in total. The van der Waals surface area contributed by atoms with E-state index in [9.17, 15) is 0 Å². The quantitative estimate of drug-likeness (QED) is 0.406. The Labute approximate surface area is 151 Å². The number of rotatable bonds is 3. The van der Waals surface area contributed by atoms with Gasteiger partial charge in [0.1, 0.15) is 0 Å². The van der Waals surface area contributed by atoms with Crippen molar-refractivity contribution in [1.29, 1.82) is 0 Å². The third-order valence-corrected chi connectivity index (χ3v) is 4.03. The maximum Gasteiger partial charge on any atom is 0.0671 e. The Morgan fingerprint density at radius 3 is 2.33 bits per heavy atom. The fourth-order valence-electron chi connectivity index (χ4n) is 2.24. The summed E-state index contributed by atoms with van der Waals surface area (Å²) in [5.41, 5.74) is 4.20. The fourth-order valence-corrected chi connectivity index (χ4v) is 2.51. The third-order valence-electron chi connectivity index (χ3n) is 3.50. The molecule has 0 saturated carbocycles. The number of para-hydroxylation sites is 1. The molecule has 116 valence electrons. The topological polar surface area (TPSA) is 12.4 Å². The van der Waals surface area contributed by atoms with E-state index in [1.807, 2.05) is 79.0 Å². The van der Waals surface area contributed by atoms with Crippen molar-refractivity contribution in [3.05, 3.63) is 100 Å². The van der Waals surface area contributed by atoms with E-state index in [4.69, 9.17) is 0 Å². The molecule has 0 bridgehead atoms. The van der Waals surface area contributed by atoms with Gasteiger partial charge in [0, 0.05) is 22.7 Å². The first-order chi connectivity index (χ1) is 11.8. The highest BCUT2D eigenvalue weighted by molar-refractivity contribution is 9.10. The lowest BCUT2D eigenvalue weighted by atomic mass is 10.1. The number of nitrogens with zero attached hydrogens (tertiary/aromatic N) is 1. The summed E-state index contributed by atoms with van der Waals surface area (Å²) in [7, 11) is 0. The van der Waals surface area contributed by atoms with E-state index in [0.717, 1.165) is 26.9 Å². The summed E-state index contributed by atoms with van der Waals surface area (Å²) in [4.78, 5) is 4.62. The summed E-state index contributed by atoms with van der Waals surface area (Å²) in [6.07, 6.45) is 2.57. The molecule has 0 aliphatic heterocycles. The Balaban J connectivity index is 1.76. The third kappa shape index (κ3) is 4.68. The molecule has 24 heavy (non-hydrogen) atoms. The molecule has 0 radical (unpaired) electrons. The van der Waals surface area contributed by atoms with E-state index in [2.05, 4.69) is 38.8 Å². The van der Waals surface area contributed by atoms with Crippen molar-refractivity contribution in [2.75, 3.05) is 0 Å². The molecule has 0 unspecified atom stereocenters. The van der Waals surface area contributed by atoms with Crippen molar-refractivity contribution < 1.29 is 0 Å². The highest BCUT2D eigenvalue weighted by Crippen LogP contribution is 2.19. The molecule has 0 atom stereocenters. The lowest BCUT2D eigenvalue weighted by Crippen LogP contribution is -1.85. The van der Waals surface area contributed by atoms with Gasteiger partial charge in [-0.15, -0.1) is 0 Å². The van der Waals surface area contributed by atoms with Crippen LogP contribution in [0.15, 0.2) is 88.3 Å². The summed E-state index contributed by atoms with van der Waals surface area (Å²) < 4.78 is 1.07. The Bertz CT molecular complexity index is 885. The standard InChI is InChI=1S/C22H16BrN/c23-21-15-13-19(14-16-21)17-24-22-12-5-4-10-20(22)11-6-9-18-7-2-1-3-8-18/h1-5,7-8,10,12-17H,11H2. The zero-order chi connectivity index (χ0) is 16.6. The van der Waals surface area contributed by atoms with E-state index in [0.29, 0.717) is 6.42 Å². The smallest absolute Gasteiger partial charge is 0.0671 e. The van der Waals surface area contributed by atoms with Crippen LogP contribution in [-0.4, -0.2) is 6.21 Å². The van der Waals surface area contributed by atoms with Crippen molar-refractivity contribution in [2.45, 2.75) is 6.42 Å². The van der Waals surface area contributed by atoms with Crippen molar-refractivity contribution >= 4 is 27.8 Å². The number of aliphatic imine (C=N–C) groups is 1. The Morgan fingerprint density at radius 1 is 0.833 bits per heavy atom. The highest BCUT2D eigenvalue weighted by atomic mass is 79.9. The van der Waals surface area contributed by atoms with Gasteiger partial charge in [-0.05, 0) is 41.5 Å².